The molecule has 188 valence electrons. The molecule has 2 fully saturated rings. The molecule has 2 aromatic carbocycles. The molecule has 35 heavy (non-hydrogen) atoms. The van der Waals surface area contributed by atoms with Gasteiger partial charge >= 0.3 is 11.9 Å². The van der Waals surface area contributed by atoms with Crippen LogP contribution in [0.5, 0.6) is 0 Å². The highest BCUT2D eigenvalue weighted by Gasteiger charge is 2.57. The third kappa shape index (κ3) is 5.08. The highest BCUT2D eigenvalue weighted by molar-refractivity contribution is 6.99. The van der Waals surface area contributed by atoms with Crippen molar-refractivity contribution in [1.82, 2.24) is 4.90 Å². The third-order valence-corrected chi connectivity index (χ3v) is 12.3. The zero-order chi connectivity index (χ0) is 25.2. The van der Waals surface area contributed by atoms with Gasteiger partial charge in [-0.3, -0.25) is 14.5 Å². The molecular formula is C28H37NO5Si. The summed E-state index contributed by atoms with van der Waals surface area (Å²) in [4.78, 5) is 26.2. The molecule has 0 radical (unpaired) electrons. The number of hydrogen-bond donors (Lipinski definition) is 0. The first-order chi connectivity index (χ1) is 16.6. The molecule has 2 heterocycles. The second-order valence-electron chi connectivity index (χ2n) is 10.7. The van der Waals surface area contributed by atoms with E-state index >= 15 is 0 Å². The summed E-state index contributed by atoms with van der Waals surface area (Å²) < 4.78 is 18.9. The fraction of sp³-hybridized carbons (Fsp3) is 0.500. The Morgan fingerprint density at radius 2 is 1.40 bits per heavy atom. The summed E-state index contributed by atoms with van der Waals surface area (Å²) in [5.41, 5.74) is 0. The molecule has 0 unspecified atom stereocenters. The molecule has 0 spiro atoms. The molecule has 4 atom stereocenters. The number of nitrogens with zero attached hydrogens (tertiary/aromatic N) is 1. The fourth-order valence-corrected chi connectivity index (χ4v) is 10.7. The predicted octanol–water partition coefficient (Wildman–Crippen LogP) is 3.27. The molecule has 6 nitrogen and oxygen atoms in total. The van der Waals surface area contributed by atoms with Crippen molar-refractivity contribution in [2.75, 3.05) is 13.1 Å². The zero-order valence-electron chi connectivity index (χ0n) is 21.4. The van der Waals surface area contributed by atoms with Gasteiger partial charge in [0.05, 0.1) is 12.1 Å². The van der Waals surface area contributed by atoms with Gasteiger partial charge in [-0.25, -0.2) is 0 Å². The van der Waals surface area contributed by atoms with Crippen LogP contribution in [0.15, 0.2) is 60.7 Å². The Labute approximate surface area is 209 Å². The van der Waals surface area contributed by atoms with Crippen molar-refractivity contribution in [3.63, 3.8) is 0 Å². The van der Waals surface area contributed by atoms with Crippen LogP contribution in [0.1, 0.15) is 47.5 Å². The van der Waals surface area contributed by atoms with E-state index in [1.165, 1.54) is 24.2 Å². The first-order valence-corrected chi connectivity index (χ1v) is 14.4. The number of esters is 2. The average molecular weight is 496 g/mol. The zero-order valence-corrected chi connectivity index (χ0v) is 22.4. The van der Waals surface area contributed by atoms with Gasteiger partial charge in [-0.15, -0.1) is 0 Å². The molecule has 0 saturated carbocycles. The van der Waals surface area contributed by atoms with E-state index in [9.17, 15) is 9.59 Å². The highest BCUT2D eigenvalue weighted by Crippen LogP contribution is 2.41. The topological polar surface area (TPSA) is 65.1 Å². The lowest BCUT2D eigenvalue weighted by molar-refractivity contribution is -0.164. The van der Waals surface area contributed by atoms with Gasteiger partial charge in [0.1, 0.15) is 0 Å². The molecule has 0 aliphatic carbocycles. The van der Waals surface area contributed by atoms with Crippen molar-refractivity contribution in [2.24, 2.45) is 0 Å². The minimum Gasteiger partial charge on any atom is -0.457 e. The van der Waals surface area contributed by atoms with Gasteiger partial charge < -0.3 is 13.9 Å². The molecule has 2 saturated heterocycles. The lowest BCUT2D eigenvalue weighted by atomic mass is 9.97. The van der Waals surface area contributed by atoms with Crippen LogP contribution in [0.3, 0.4) is 0 Å². The number of hydrogen-bond acceptors (Lipinski definition) is 6. The molecule has 2 aliphatic heterocycles. The second-order valence-corrected chi connectivity index (χ2v) is 14.9. The van der Waals surface area contributed by atoms with E-state index in [0.29, 0.717) is 6.54 Å². The maximum absolute atomic E-state index is 12.1. The van der Waals surface area contributed by atoms with Crippen LogP contribution in [0, 0.1) is 0 Å². The molecule has 0 bridgehead atoms. The van der Waals surface area contributed by atoms with E-state index in [-0.39, 0.29) is 29.1 Å². The van der Waals surface area contributed by atoms with Crippen LogP contribution in [0.4, 0.5) is 0 Å². The standard InChI is InChI=1S/C28H37NO5Si/c1-20(30)32-25-19-29-18-12-17-24(26(29)27(25)33-21(2)31)34-35(28(3,4)5,22-13-8-6-9-14-22)23-15-10-7-11-16-23/h6-11,13-16,24-27H,12,17-19H2,1-5H3/t24-,25-,26-,27-/m0/s1. The number of benzene rings is 2. The Bertz CT molecular complexity index is 983. The van der Waals surface area contributed by atoms with Crippen molar-refractivity contribution in [1.29, 1.82) is 0 Å². The minimum absolute atomic E-state index is 0.164. The largest absolute Gasteiger partial charge is 0.457 e. The molecule has 7 heteroatoms. The van der Waals surface area contributed by atoms with Crippen LogP contribution in [-0.4, -0.2) is 62.6 Å². The Balaban J connectivity index is 1.80. The molecule has 0 N–H and O–H groups in total. The summed E-state index contributed by atoms with van der Waals surface area (Å²) >= 11 is 0. The van der Waals surface area contributed by atoms with Gasteiger partial charge in [0.2, 0.25) is 0 Å². The summed E-state index contributed by atoms with van der Waals surface area (Å²) in [6.07, 6.45) is 0.611. The van der Waals surface area contributed by atoms with Crippen LogP contribution >= 0.6 is 0 Å². The Kier molecular flexibility index (Phi) is 7.50. The summed E-state index contributed by atoms with van der Waals surface area (Å²) in [5.74, 6) is -0.736. The number of ether oxygens (including phenoxy) is 2. The van der Waals surface area contributed by atoms with Gasteiger partial charge in [0, 0.05) is 20.4 Å². The van der Waals surface area contributed by atoms with Crippen LogP contribution < -0.4 is 10.4 Å². The van der Waals surface area contributed by atoms with Gasteiger partial charge in [-0.1, -0.05) is 81.4 Å². The Morgan fingerprint density at radius 1 is 0.857 bits per heavy atom. The average Bonchev–Trinajstić information content (AvgIpc) is 3.14. The second kappa shape index (κ2) is 10.2. The lowest BCUT2D eigenvalue weighted by Crippen LogP contribution is -2.69. The van der Waals surface area contributed by atoms with Gasteiger partial charge in [0.25, 0.3) is 8.32 Å². The SMILES string of the molecule is CC(=O)O[C@@H]1[C@@H]2[C@@H](O[Si](c3ccccc3)(c3ccccc3)C(C)(C)C)CCCN2C[C@@H]1OC(C)=O. The Morgan fingerprint density at radius 3 is 1.89 bits per heavy atom. The molecule has 2 aromatic rings. The molecule has 4 rings (SSSR count). The van der Waals surface area contributed by atoms with Gasteiger partial charge in [0.15, 0.2) is 12.2 Å². The highest BCUT2D eigenvalue weighted by atomic mass is 28.4. The molecule has 0 aromatic heterocycles. The Hall–Kier alpha value is -2.48. The van der Waals surface area contributed by atoms with E-state index in [0.717, 1.165) is 19.4 Å². The number of carbonyl (C=O) groups excluding carboxylic acids is 2. The molecule has 0 amide bonds. The van der Waals surface area contributed by atoms with Crippen molar-refractivity contribution in [3.8, 4) is 0 Å². The van der Waals surface area contributed by atoms with Crippen molar-refractivity contribution < 1.29 is 23.5 Å². The molecular weight excluding hydrogens is 458 g/mol. The van der Waals surface area contributed by atoms with Crippen LogP contribution in [0.2, 0.25) is 5.04 Å². The number of piperidine rings is 1. The lowest BCUT2D eigenvalue weighted by Gasteiger charge is -2.48. The van der Waals surface area contributed by atoms with Crippen LogP contribution in [-0.2, 0) is 23.5 Å². The number of carbonyl (C=O) groups is 2. The van der Waals surface area contributed by atoms with Crippen molar-refractivity contribution >= 4 is 30.6 Å². The van der Waals surface area contributed by atoms with E-state index in [4.69, 9.17) is 13.9 Å². The maximum Gasteiger partial charge on any atom is 0.303 e. The van der Waals surface area contributed by atoms with Gasteiger partial charge in [-0.05, 0) is 34.8 Å². The van der Waals surface area contributed by atoms with E-state index in [1.54, 1.807) is 0 Å². The summed E-state index contributed by atoms with van der Waals surface area (Å²) in [6.45, 7) is 11.0. The summed E-state index contributed by atoms with van der Waals surface area (Å²) in [7, 11) is -2.80. The predicted molar refractivity (Wildman–Crippen MR) is 138 cm³/mol. The van der Waals surface area contributed by atoms with E-state index in [2.05, 4.69) is 74.2 Å². The van der Waals surface area contributed by atoms with Crippen LogP contribution in [0.25, 0.3) is 0 Å². The van der Waals surface area contributed by atoms with E-state index < -0.39 is 20.5 Å². The smallest absolute Gasteiger partial charge is 0.303 e. The molecule has 2 aliphatic rings. The maximum atomic E-state index is 12.1. The number of fused-ring (bicyclic) bond motifs is 1. The third-order valence-electron chi connectivity index (χ3n) is 7.22. The van der Waals surface area contributed by atoms with Crippen molar-refractivity contribution in [2.45, 2.75) is 76.9 Å². The monoisotopic (exact) mass is 495 g/mol. The van der Waals surface area contributed by atoms with Gasteiger partial charge in [-0.2, -0.15) is 0 Å². The quantitative estimate of drug-likeness (QED) is 0.453. The first-order valence-electron chi connectivity index (χ1n) is 12.5. The van der Waals surface area contributed by atoms with E-state index in [1.807, 2.05) is 12.1 Å². The first kappa shape index (κ1) is 25.6. The number of rotatable bonds is 6. The summed E-state index contributed by atoms with van der Waals surface area (Å²) in [5, 5.41) is 2.27. The minimum atomic E-state index is -2.80. The van der Waals surface area contributed by atoms with Crippen molar-refractivity contribution in [3.05, 3.63) is 60.7 Å². The fourth-order valence-electron chi connectivity index (χ4n) is 5.94. The summed E-state index contributed by atoms with van der Waals surface area (Å²) in [6, 6.07) is 21.0. The normalized spacial score (nSPS) is 25.1.